The molecule has 33 heavy (non-hydrogen) atoms. The fraction of sp³-hybridized carbons (Fsp3) is 0.190. The van der Waals surface area contributed by atoms with Crippen LogP contribution in [0.15, 0.2) is 42.5 Å². The van der Waals surface area contributed by atoms with Gasteiger partial charge in [-0.05, 0) is 42.8 Å². The monoisotopic (exact) mass is 472 g/mol. The first-order valence-electron chi connectivity index (χ1n) is 9.21. The fourth-order valence-electron chi connectivity index (χ4n) is 2.32. The van der Waals surface area contributed by atoms with E-state index >= 15 is 0 Å². The molecule has 0 heterocycles. The number of alkyl halides is 2. The lowest BCUT2D eigenvalue weighted by Gasteiger charge is -2.12. The topological polar surface area (TPSA) is 93.7 Å². The number of hydrogen-bond acceptors (Lipinski definition) is 5. The largest absolute Gasteiger partial charge is 0.449 e. The molecule has 0 saturated heterocycles. The Hall–Kier alpha value is -3.96. The van der Waals surface area contributed by atoms with Crippen LogP contribution in [-0.2, 0) is 19.1 Å². The molecule has 2 rings (SSSR count). The van der Waals surface area contributed by atoms with Gasteiger partial charge in [-0.1, -0.05) is 12.1 Å². The quantitative estimate of drug-likeness (QED) is 0.253. The van der Waals surface area contributed by atoms with Gasteiger partial charge in [0.15, 0.2) is 23.6 Å². The van der Waals surface area contributed by atoms with Gasteiger partial charge in [0.05, 0.1) is 12.2 Å². The van der Waals surface area contributed by atoms with Crippen LogP contribution in [0, 0.1) is 17.5 Å². The van der Waals surface area contributed by atoms with Gasteiger partial charge in [-0.2, -0.15) is 8.78 Å². The normalized spacial score (nSPS) is 11.8. The van der Waals surface area contributed by atoms with Gasteiger partial charge in [0.1, 0.15) is 5.75 Å². The Morgan fingerprint density at radius 1 is 1.00 bits per heavy atom. The zero-order valence-electron chi connectivity index (χ0n) is 16.9. The number of rotatable bonds is 9. The number of carbonyl (C=O) groups is 3. The molecule has 0 bridgehead atoms. The summed E-state index contributed by atoms with van der Waals surface area (Å²) in [5, 5.41) is 4.09. The van der Waals surface area contributed by atoms with Crippen molar-refractivity contribution >= 4 is 29.5 Å². The third kappa shape index (κ3) is 7.91. The second-order valence-electron chi connectivity index (χ2n) is 6.35. The molecule has 0 aliphatic heterocycles. The summed E-state index contributed by atoms with van der Waals surface area (Å²) in [5.41, 5.74) is -0.154. The number of ether oxygens (including phenoxy) is 2. The van der Waals surface area contributed by atoms with Crippen molar-refractivity contribution in [3.63, 3.8) is 0 Å². The minimum absolute atomic E-state index is 0.0636. The molecule has 176 valence electrons. The van der Waals surface area contributed by atoms with Crippen molar-refractivity contribution in [3.05, 3.63) is 65.5 Å². The minimum atomic E-state index is -2.97. The third-order valence-corrected chi connectivity index (χ3v) is 3.91. The lowest BCUT2D eigenvalue weighted by atomic mass is 10.2. The number of carbonyl (C=O) groups excluding carboxylic acids is 3. The van der Waals surface area contributed by atoms with Crippen molar-refractivity contribution in [3.8, 4) is 5.75 Å². The first-order valence-corrected chi connectivity index (χ1v) is 9.21. The molecule has 0 fully saturated rings. The first-order chi connectivity index (χ1) is 15.6. The van der Waals surface area contributed by atoms with Crippen LogP contribution in [0.25, 0.3) is 6.08 Å². The maximum Gasteiger partial charge on any atom is 0.387 e. The van der Waals surface area contributed by atoms with E-state index in [1.54, 1.807) is 0 Å². The van der Waals surface area contributed by atoms with Crippen LogP contribution in [-0.4, -0.2) is 37.0 Å². The Morgan fingerprint density at radius 3 is 2.30 bits per heavy atom. The SMILES string of the molecule is CC(OC(=O)/C=C/c1ccc(OC(F)F)cc1)C(=O)NCC(=O)Nc1ccc(F)c(F)c1F. The number of benzene rings is 2. The van der Waals surface area contributed by atoms with Crippen LogP contribution >= 0.6 is 0 Å². The van der Waals surface area contributed by atoms with Crippen molar-refractivity contribution in [2.45, 2.75) is 19.6 Å². The van der Waals surface area contributed by atoms with Gasteiger partial charge in [-0.3, -0.25) is 9.59 Å². The van der Waals surface area contributed by atoms with Crippen molar-refractivity contribution in [1.29, 1.82) is 0 Å². The number of halogens is 5. The molecule has 0 spiro atoms. The van der Waals surface area contributed by atoms with E-state index in [0.717, 1.165) is 12.1 Å². The Balaban J connectivity index is 1.80. The fourth-order valence-corrected chi connectivity index (χ4v) is 2.32. The maximum absolute atomic E-state index is 13.5. The van der Waals surface area contributed by atoms with Gasteiger partial charge in [0.25, 0.3) is 5.91 Å². The Bertz CT molecular complexity index is 1040. The molecule has 2 aromatic carbocycles. The number of nitrogens with one attached hydrogen (secondary N) is 2. The standard InChI is InChI=1S/C21H17F5N2O5/c1-11(32-17(30)9-4-12-2-5-13(6-3-12)33-21(25)26)20(31)27-10-16(29)28-15-8-7-14(22)18(23)19(15)24/h2-9,11,21H,10H2,1H3,(H,27,31)(H,28,29)/b9-4+. The summed E-state index contributed by atoms with van der Waals surface area (Å²) in [6, 6.07) is 6.78. The van der Waals surface area contributed by atoms with Crippen molar-refractivity contribution in [2.75, 3.05) is 11.9 Å². The number of amides is 2. The Kier molecular flexibility index (Phi) is 8.89. The van der Waals surface area contributed by atoms with Crippen LogP contribution in [0.1, 0.15) is 12.5 Å². The van der Waals surface area contributed by atoms with E-state index in [0.29, 0.717) is 11.6 Å². The number of anilines is 1. The van der Waals surface area contributed by atoms with Gasteiger partial charge < -0.3 is 20.1 Å². The van der Waals surface area contributed by atoms with E-state index in [1.165, 1.54) is 37.3 Å². The van der Waals surface area contributed by atoms with Gasteiger partial charge in [-0.15, -0.1) is 0 Å². The van der Waals surface area contributed by atoms with Gasteiger partial charge in [0.2, 0.25) is 5.91 Å². The summed E-state index contributed by atoms with van der Waals surface area (Å²) in [5.74, 6) is -7.55. The first kappa shape index (κ1) is 25.3. The van der Waals surface area contributed by atoms with Gasteiger partial charge in [0, 0.05) is 6.08 Å². The smallest absolute Gasteiger partial charge is 0.387 e. The predicted molar refractivity (Wildman–Crippen MR) is 106 cm³/mol. The van der Waals surface area contributed by atoms with Crippen LogP contribution in [0.2, 0.25) is 0 Å². The second kappa shape index (κ2) is 11.6. The molecule has 2 amide bonds. The van der Waals surface area contributed by atoms with Crippen LogP contribution in [0.5, 0.6) is 5.75 Å². The molecule has 1 atom stereocenters. The maximum atomic E-state index is 13.5. The van der Waals surface area contributed by atoms with Gasteiger partial charge >= 0.3 is 12.6 Å². The Morgan fingerprint density at radius 2 is 1.67 bits per heavy atom. The van der Waals surface area contributed by atoms with E-state index in [1.807, 2.05) is 5.32 Å². The number of esters is 1. The average molecular weight is 472 g/mol. The molecule has 0 aliphatic carbocycles. The van der Waals surface area contributed by atoms with Crippen LogP contribution in [0.3, 0.4) is 0 Å². The summed E-state index contributed by atoms with van der Waals surface area (Å²) in [4.78, 5) is 35.5. The highest BCUT2D eigenvalue weighted by Gasteiger charge is 2.19. The molecule has 1 unspecified atom stereocenters. The highest BCUT2D eigenvalue weighted by molar-refractivity contribution is 5.96. The van der Waals surface area contributed by atoms with Crippen LogP contribution in [0.4, 0.5) is 27.6 Å². The van der Waals surface area contributed by atoms with E-state index in [2.05, 4.69) is 10.1 Å². The molecule has 0 saturated carbocycles. The molecule has 2 aromatic rings. The number of hydrogen-bond donors (Lipinski definition) is 2. The summed E-state index contributed by atoms with van der Waals surface area (Å²) in [7, 11) is 0. The highest BCUT2D eigenvalue weighted by Crippen LogP contribution is 2.19. The van der Waals surface area contributed by atoms with Crippen molar-refractivity contribution in [2.24, 2.45) is 0 Å². The van der Waals surface area contributed by atoms with Crippen LogP contribution < -0.4 is 15.4 Å². The summed E-state index contributed by atoms with van der Waals surface area (Å²) < 4.78 is 72.9. The molecule has 12 heteroatoms. The third-order valence-electron chi connectivity index (χ3n) is 3.91. The van der Waals surface area contributed by atoms with E-state index in [9.17, 15) is 36.3 Å². The lowest BCUT2D eigenvalue weighted by Crippen LogP contribution is -2.40. The molecule has 0 aliphatic rings. The van der Waals surface area contributed by atoms with E-state index in [-0.39, 0.29) is 5.75 Å². The lowest BCUT2D eigenvalue weighted by molar-refractivity contribution is -0.150. The molecule has 2 N–H and O–H groups in total. The summed E-state index contributed by atoms with van der Waals surface area (Å²) in [6.45, 7) is -2.40. The minimum Gasteiger partial charge on any atom is -0.449 e. The molecule has 0 aromatic heterocycles. The highest BCUT2D eigenvalue weighted by atomic mass is 19.3. The van der Waals surface area contributed by atoms with Gasteiger partial charge in [-0.25, -0.2) is 18.0 Å². The predicted octanol–water partition coefficient (Wildman–Crippen LogP) is 3.41. The van der Waals surface area contributed by atoms with Crippen molar-refractivity contribution < 1.29 is 45.8 Å². The van der Waals surface area contributed by atoms with Crippen molar-refractivity contribution in [1.82, 2.24) is 5.32 Å². The molecule has 0 radical (unpaired) electrons. The zero-order valence-corrected chi connectivity index (χ0v) is 16.9. The Labute approximate surface area is 184 Å². The zero-order chi connectivity index (χ0) is 24.5. The van der Waals surface area contributed by atoms with E-state index in [4.69, 9.17) is 4.74 Å². The average Bonchev–Trinajstić information content (AvgIpc) is 2.77. The second-order valence-corrected chi connectivity index (χ2v) is 6.35. The molecular weight excluding hydrogens is 455 g/mol. The molecular formula is C21H17F5N2O5. The summed E-state index contributed by atoms with van der Waals surface area (Å²) >= 11 is 0. The van der Waals surface area contributed by atoms with E-state index < -0.39 is 60.2 Å². The summed E-state index contributed by atoms with van der Waals surface area (Å²) in [6.07, 6.45) is 0.991. The molecule has 7 nitrogen and oxygen atoms in total.